The largest absolute Gasteiger partial charge is 0.462 e. The summed E-state index contributed by atoms with van der Waals surface area (Å²) in [7, 11) is 0. The first kappa shape index (κ1) is 20.0. The van der Waals surface area contributed by atoms with E-state index in [2.05, 4.69) is 16.7 Å². The molecular weight excluding hydrogens is 376 g/mol. The van der Waals surface area contributed by atoms with E-state index in [-0.39, 0.29) is 23.6 Å². The molecule has 6 fully saturated rings. The van der Waals surface area contributed by atoms with Gasteiger partial charge in [-0.3, -0.25) is 14.6 Å². The number of fused-ring (bicyclic) bond motifs is 3. The van der Waals surface area contributed by atoms with Crippen molar-refractivity contribution in [2.24, 2.45) is 23.2 Å². The Kier molecular flexibility index (Phi) is 4.97. The van der Waals surface area contributed by atoms with Gasteiger partial charge in [0.1, 0.15) is 6.10 Å². The van der Waals surface area contributed by atoms with E-state index in [1.165, 1.54) is 64.5 Å². The van der Waals surface area contributed by atoms with E-state index in [0.717, 1.165) is 45.1 Å². The number of hydrogen-bond donors (Lipinski definition) is 0. The number of carbonyl (C=O) groups excluding carboxylic acids is 1. The second-order valence-electron chi connectivity index (χ2n) is 11.7. The molecule has 30 heavy (non-hydrogen) atoms. The van der Waals surface area contributed by atoms with Crippen molar-refractivity contribution in [1.82, 2.24) is 9.80 Å². The smallest absolute Gasteiger partial charge is 0.310 e. The average molecular weight is 417 g/mol. The van der Waals surface area contributed by atoms with Gasteiger partial charge in [-0.2, -0.15) is 0 Å². The lowest BCUT2D eigenvalue weighted by Gasteiger charge is -2.51. The van der Waals surface area contributed by atoms with Crippen LogP contribution >= 0.6 is 0 Å². The standard InChI is InChI=1S/C25H40N2O3/c1-24-8-5-9-25(17-29-25)22(24)14-19-20(23(28)30-21(19)15-24)16-26-10-12-27(13-11-26)18-6-3-2-4-7-18/h18-22H,2-17H2,1H3/t19-,20+,21-,22-,24-,25+/m1/s1. The number of rotatable bonds is 3. The van der Waals surface area contributed by atoms with Gasteiger partial charge in [-0.1, -0.05) is 26.2 Å². The van der Waals surface area contributed by atoms with Crippen LogP contribution in [0.4, 0.5) is 0 Å². The lowest BCUT2D eigenvalue weighted by Crippen LogP contribution is -2.53. The Balaban J connectivity index is 1.10. The van der Waals surface area contributed by atoms with Gasteiger partial charge in [-0.25, -0.2) is 0 Å². The molecule has 3 heterocycles. The Labute approximate surface area is 181 Å². The molecule has 0 N–H and O–H groups in total. The molecule has 6 rings (SSSR count). The molecule has 0 amide bonds. The average Bonchev–Trinajstić information content (AvgIpc) is 3.46. The minimum absolute atomic E-state index is 0.0820. The van der Waals surface area contributed by atoms with Gasteiger partial charge in [-0.05, 0) is 56.3 Å². The van der Waals surface area contributed by atoms with Crippen LogP contribution in [0.2, 0.25) is 0 Å². The summed E-state index contributed by atoms with van der Waals surface area (Å²) >= 11 is 0. The maximum Gasteiger partial charge on any atom is 0.310 e. The van der Waals surface area contributed by atoms with E-state index in [4.69, 9.17) is 9.47 Å². The molecule has 1 spiro atoms. The summed E-state index contributed by atoms with van der Waals surface area (Å²) in [5, 5.41) is 0. The first-order chi connectivity index (χ1) is 14.6. The number of piperazine rings is 1. The molecule has 3 saturated carbocycles. The van der Waals surface area contributed by atoms with Crippen LogP contribution in [0, 0.1) is 23.2 Å². The fourth-order valence-electron chi connectivity index (χ4n) is 8.20. The number of carbonyl (C=O) groups is 1. The molecule has 3 aliphatic heterocycles. The van der Waals surface area contributed by atoms with E-state index >= 15 is 0 Å². The van der Waals surface area contributed by atoms with Crippen LogP contribution in [-0.2, 0) is 14.3 Å². The molecule has 0 radical (unpaired) electrons. The Morgan fingerprint density at radius 1 is 1.03 bits per heavy atom. The van der Waals surface area contributed by atoms with Crippen molar-refractivity contribution >= 4 is 5.97 Å². The predicted molar refractivity (Wildman–Crippen MR) is 115 cm³/mol. The van der Waals surface area contributed by atoms with E-state index in [1.54, 1.807) is 0 Å². The van der Waals surface area contributed by atoms with Crippen molar-refractivity contribution in [2.45, 2.75) is 88.9 Å². The molecule has 0 aromatic heterocycles. The monoisotopic (exact) mass is 416 g/mol. The molecule has 5 nitrogen and oxygen atoms in total. The van der Waals surface area contributed by atoms with Crippen LogP contribution in [0.5, 0.6) is 0 Å². The maximum absolute atomic E-state index is 12.9. The summed E-state index contributed by atoms with van der Waals surface area (Å²) < 4.78 is 12.1. The molecule has 0 aromatic rings. The molecule has 0 unspecified atom stereocenters. The van der Waals surface area contributed by atoms with Crippen molar-refractivity contribution < 1.29 is 14.3 Å². The van der Waals surface area contributed by atoms with Crippen molar-refractivity contribution in [1.29, 1.82) is 0 Å². The highest BCUT2D eigenvalue weighted by Crippen LogP contribution is 2.62. The number of nitrogens with zero attached hydrogens (tertiary/aromatic N) is 2. The summed E-state index contributed by atoms with van der Waals surface area (Å²) in [5.74, 6) is 1.21. The van der Waals surface area contributed by atoms with Gasteiger partial charge in [0.15, 0.2) is 0 Å². The molecule has 6 aliphatic rings. The highest BCUT2D eigenvalue weighted by molar-refractivity contribution is 5.75. The number of esters is 1. The minimum atomic E-state index is 0.0820. The number of ether oxygens (including phenoxy) is 2. The summed E-state index contributed by atoms with van der Waals surface area (Å²) in [6.07, 6.45) is 13.2. The van der Waals surface area contributed by atoms with Crippen molar-refractivity contribution in [2.75, 3.05) is 39.3 Å². The Bertz CT molecular complexity index is 665. The minimum Gasteiger partial charge on any atom is -0.462 e. The maximum atomic E-state index is 12.9. The second kappa shape index (κ2) is 7.45. The third kappa shape index (κ3) is 3.34. The quantitative estimate of drug-likeness (QED) is 0.521. The Morgan fingerprint density at radius 3 is 2.53 bits per heavy atom. The SMILES string of the molecule is C[C@]12CCC[C@]3(CO3)[C@@H]1C[C@@H]1[C@H](CN3CCN(C4CCCCC4)CC3)C(=O)O[C@@H]1C2. The molecule has 3 aliphatic carbocycles. The van der Waals surface area contributed by atoms with Crippen LogP contribution in [0.1, 0.15) is 71.1 Å². The normalized spacial score (nSPS) is 47.7. The highest BCUT2D eigenvalue weighted by atomic mass is 16.6. The van der Waals surface area contributed by atoms with Crippen LogP contribution < -0.4 is 0 Å². The molecule has 5 heteroatoms. The van der Waals surface area contributed by atoms with Crippen molar-refractivity contribution in [3.63, 3.8) is 0 Å². The van der Waals surface area contributed by atoms with E-state index in [9.17, 15) is 4.79 Å². The first-order valence-corrected chi connectivity index (χ1v) is 12.9. The fourth-order valence-corrected chi connectivity index (χ4v) is 8.20. The third-order valence-corrected chi connectivity index (χ3v) is 10.0. The van der Waals surface area contributed by atoms with Crippen molar-refractivity contribution in [3.8, 4) is 0 Å². The summed E-state index contributed by atoms with van der Waals surface area (Å²) in [6.45, 7) is 8.90. The first-order valence-electron chi connectivity index (χ1n) is 12.9. The zero-order valence-corrected chi connectivity index (χ0v) is 18.8. The lowest BCUT2D eigenvalue weighted by molar-refractivity contribution is -0.147. The van der Waals surface area contributed by atoms with Crippen LogP contribution in [0.25, 0.3) is 0 Å². The molecule has 3 saturated heterocycles. The van der Waals surface area contributed by atoms with Crippen LogP contribution in [0.3, 0.4) is 0 Å². The Morgan fingerprint density at radius 2 is 1.80 bits per heavy atom. The molecular formula is C25H40N2O3. The van der Waals surface area contributed by atoms with Gasteiger partial charge in [-0.15, -0.1) is 0 Å². The fraction of sp³-hybridized carbons (Fsp3) is 0.960. The lowest BCUT2D eigenvalue weighted by atomic mass is 9.53. The van der Waals surface area contributed by atoms with Crippen molar-refractivity contribution in [3.05, 3.63) is 0 Å². The molecule has 0 aromatic carbocycles. The van der Waals surface area contributed by atoms with Gasteiger partial charge in [0.2, 0.25) is 0 Å². The third-order valence-electron chi connectivity index (χ3n) is 10.0. The van der Waals surface area contributed by atoms with Crippen LogP contribution in [-0.4, -0.2) is 72.8 Å². The van der Waals surface area contributed by atoms with Gasteiger partial charge in [0.25, 0.3) is 0 Å². The van der Waals surface area contributed by atoms with Gasteiger partial charge < -0.3 is 9.47 Å². The van der Waals surface area contributed by atoms with E-state index in [0.29, 0.717) is 17.3 Å². The number of hydrogen-bond acceptors (Lipinski definition) is 5. The van der Waals surface area contributed by atoms with E-state index in [1.807, 2.05) is 0 Å². The summed E-state index contributed by atoms with van der Waals surface area (Å²) in [4.78, 5) is 18.2. The van der Waals surface area contributed by atoms with Gasteiger partial charge in [0, 0.05) is 44.7 Å². The zero-order chi connectivity index (χ0) is 20.3. The van der Waals surface area contributed by atoms with E-state index < -0.39 is 0 Å². The second-order valence-corrected chi connectivity index (χ2v) is 11.7. The molecule has 6 atom stereocenters. The topological polar surface area (TPSA) is 45.3 Å². The summed E-state index contributed by atoms with van der Waals surface area (Å²) in [5.41, 5.74) is 0.455. The molecule has 168 valence electrons. The number of epoxide rings is 1. The Hall–Kier alpha value is -0.650. The predicted octanol–water partition coefficient (Wildman–Crippen LogP) is 3.46. The zero-order valence-electron chi connectivity index (χ0n) is 18.8. The van der Waals surface area contributed by atoms with Crippen LogP contribution in [0.15, 0.2) is 0 Å². The summed E-state index contributed by atoms with van der Waals surface area (Å²) in [6, 6.07) is 0.818. The van der Waals surface area contributed by atoms with Gasteiger partial charge in [0.05, 0.1) is 18.1 Å². The van der Waals surface area contributed by atoms with Gasteiger partial charge >= 0.3 is 5.97 Å². The highest BCUT2D eigenvalue weighted by Gasteiger charge is 2.65. The molecule has 0 bridgehead atoms.